The van der Waals surface area contributed by atoms with Crippen LogP contribution in [0, 0.1) is 13.8 Å². The zero-order valence-electron chi connectivity index (χ0n) is 20.7. The fourth-order valence-electron chi connectivity index (χ4n) is 4.67. The van der Waals surface area contributed by atoms with Crippen molar-refractivity contribution < 1.29 is 9.53 Å². The zero-order chi connectivity index (χ0) is 25.2. The average Bonchev–Trinajstić information content (AvgIpc) is 3.33. The predicted molar refractivity (Wildman–Crippen MR) is 145 cm³/mol. The molecule has 7 heteroatoms. The van der Waals surface area contributed by atoms with Gasteiger partial charge in [0.25, 0.3) is 5.91 Å². The minimum atomic E-state index is -0.0204. The number of rotatable bonds is 5. The van der Waals surface area contributed by atoms with Crippen LogP contribution in [-0.2, 0) is 0 Å². The number of aryl methyl sites for hydroxylation is 2. The summed E-state index contributed by atoms with van der Waals surface area (Å²) in [6.45, 7) is 6.86. The summed E-state index contributed by atoms with van der Waals surface area (Å²) in [6, 6.07) is 23.7. The van der Waals surface area contributed by atoms with Crippen LogP contribution in [0.15, 0.2) is 72.8 Å². The van der Waals surface area contributed by atoms with Crippen LogP contribution in [0.1, 0.15) is 21.6 Å². The first-order valence-corrected chi connectivity index (χ1v) is 12.4. The Bertz CT molecular complexity index is 1390. The number of amides is 1. The van der Waals surface area contributed by atoms with Crippen LogP contribution < -0.4 is 9.64 Å². The molecular weight excluding hydrogens is 472 g/mol. The van der Waals surface area contributed by atoms with Crippen LogP contribution >= 0.6 is 11.6 Å². The molecule has 4 aromatic rings. The summed E-state index contributed by atoms with van der Waals surface area (Å²) >= 11 is 6.18. The van der Waals surface area contributed by atoms with Crippen molar-refractivity contribution in [2.24, 2.45) is 0 Å². The number of carbonyl (C=O) groups excluding carboxylic acids is 1. The normalized spacial score (nSPS) is 13.7. The molecule has 0 atom stereocenters. The standard InChI is InChI=1S/C29H29ClN4O2/c1-20-7-12-27(21(2)17-20)34-28(19-26(31-34)22-8-10-25(36-3)11-9-22)29(35)33-15-13-32(14-16-33)24-6-4-5-23(30)18-24/h4-12,17-19H,13-16H2,1-3H3. The van der Waals surface area contributed by atoms with Gasteiger partial charge in [-0.05, 0) is 74.0 Å². The molecule has 1 aliphatic rings. The van der Waals surface area contributed by atoms with Gasteiger partial charge in [-0.3, -0.25) is 4.79 Å². The molecule has 1 aliphatic heterocycles. The van der Waals surface area contributed by atoms with Crippen molar-refractivity contribution in [1.82, 2.24) is 14.7 Å². The number of methoxy groups -OCH3 is 1. The predicted octanol–water partition coefficient (Wildman–Crippen LogP) is 5.78. The third-order valence-corrected chi connectivity index (χ3v) is 6.87. The van der Waals surface area contributed by atoms with Crippen molar-refractivity contribution in [2.45, 2.75) is 13.8 Å². The summed E-state index contributed by atoms with van der Waals surface area (Å²) in [5.41, 5.74) is 6.46. The van der Waals surface area contributed by atoms with Gasteiger partial charge in [0.1, 0.15) is 11.4 Å². The number of aromatic nitrogens is 2. The van der Waals surface area contributed by atoms with Crippen LogP contribution in [-0.4, -0.2) is 53.9 Å². The zero-order valence-corrected chi connectivity index (χ0v) is 21.5. The van der Waals surface area contributed by atoms with E-state index in [2.05, 4.69) is 36.9 Å². The molecule has 6 nitrogen and oxygen atoms in total. The second-order valence-electron chi connectivity index (χ2n) is 9.10. The lowest BCUT2D eigenvalue weighted by atomic mass is 10.1. The Hall–Kier alpha value is -3.77. The Labute approximate surface area is 216 Å². The van der Waals surface area contributed by atoms with Gasteiger partial charge in [-0.2, -0.15) is 5.10 Å². The van der Waals surface area contributed by atoms with Gasteiger partial charge in [0.2, 0.25) is 0 Å². The number of benzene rings is 3. The van der Waals surface area contributed by atoms with E-state index in [9.17, 15) is 4.79 Å². The summed E-state index contributed by atoms with van der Waals surface area (Å²) in [7, 11) is 1.65. The minimum absolute atomic E-state index is 0.0204. The summed E-state index contributed by atoms with van der Waals surface area (Å²) in [6.07, 6.45) is 0. The molecule has 3 aromatic carbocycles. The van der Waals surface area contributed by atoms with E-state index in [1.165, 1.54) is 5.56 Å². The van der Waals surface area contributed by atoms with Gasteiger partial charge in [0.05, 0.1) is 18.5 Å². The van der Waals surface area contributed by atoms with Crippen molar-refractivity contribution in [2.75, 3.05) is 38.2 Å². The SMILES string of the molecule is COc1ccc(-c2cc(C(=O)N3CCN(c4cccc(Cl)c4)CC3)n(-c3ccc(C)cc3C)n2)cc1. The quantitative estimate of drug-likeness (QED) is 0.348. The fraction of sp³-hybridized carbons (Fsp3) is 0.241. The largest absolute Gasteiger partial charge is 0.497 e. The molecule has 0 N–H and O–H groups in total. The highest BCUT2D eigenvalue weighted by atomic mass is 35.5. The van der Waals surface area contributed by atoms with Crippen molar-refractivity contribution >= 4 is 23.2 Å². The van der Waals surface area contributed by atoms with E-state index in [1.54, 1.807) is 11.8 Å². The molecule has 5 rings (SSSR count). The van der Waals surface area contributed by atoms with E-state index in [4.69, 9.17) is 21.4 Å². The summed E-state index contributed by atoms with van der Waals surface area (Å²) < 4.78 is 7.09. The maximum Gasteiger partial charge on any atom is 0.272 e. The lowest BCUT2D eigenvalue weighted by Crippen LogP contribution is -2.49. The second-order valence-corrected chi connectivity index (χ2v) is 9.54. The second kappa shape index (κ2) is 10.1. The molecule has 2 heterocycles. The lowest BCUT2D eigenvalue weighted by Gasteiger charge is -2.36. The molecule has 0 unspecified atom stereocenters. The maximum absolute atomic E-state index is 13.8. The lowest BCUT2D eigenvalue weighted by molar-refractivity contribution is 0.0737. The maximum atomic E-state index is 13.8. The number of carbonyl (C=O) groups is 1. The van der Waals surface area contributed by atoms with Crippen molar-refractivity contribution in [3.63, 3.8) is 0 Å². The summed E-state index contributed by atoms with van der Waals surface area (Å²) in [5, 5.41) is 5.61. The fourth-order valence-corrected chi connectivity index (χ4v) is 4.85. The number of ether oxygens (including phenoxy) is 1. The molecule has 36 heavy (non-hydrogen) atoms. The van der Waals surface area contributed by atoms with E-state index < -0.39 is 0 Å². The summed E-state index contributed by atoms with van der Waals surface area (Å²) in [4.78, 5) is 18.0. The van der Waals surface area contributed by atoms with Crippen LogP contribution in [0.5, 0.6) is 5.75 Å². The molecule has 1 fully saturated rings. The molecule has 1 amide bonds. The van der Waals surface area contributed by atoms with Gasteiger partial charge in [0, 0.05) is 42.5 Å². The highest BCUT2D eigenvalue weighted by Crippen LogP contribution is 2.27. The van der Waals surface area contributed by atoms with Crippen molar-refractivity contribution in [1.29, 1.82) is 0 Å². The minimum Gasteiger partial charge on any atom is -0.497 e. The van der Waals surface area contributed by atoms with E-state index >= 15 is 0 Å². The molecule has 1 aromatic heterocycles. The van der Waals surface area contributed by atoms with Crippen LogP contribution in [0.4, 0.5) is 5.69 Å². The summed E-state index contributed by atoms with van der Waals surface area (Å²) in [5.74, 6) is 0.759. The van der Waals surface area contributed by atoms with Gasteiger partial charge in [-0.15, -0.1) is 0 Å². The molecule has 1 saturated heterocycles. The number of anilines is 1. The van der Waals surface area contributed by atoms with Crippen LogP contribution in [0.2, 0.25) is 5.02 Å². The van der Waals surface area contributed by atoms with Gasteiger partial charge < -0.3 is 14.5 Å². The van der Waals surface area contributed by atoms with Crippen LogP contribution in [0.3, 0.4) is 0 Å². The smallest absolute Gasteiger partial charge is 0.272 e. The van der Waals surface area contributed by atoms with Crippen LogP contribution in [0.25, 0.3) is 16.9 Å². The van der Waals surface area contributed by atoms with Gasteiger partial charge in [-0.25, -0.2) is 4.68 Å². The molecule has 0 bridgehead atoms. The average molecular weight is 501 g/mol. The molecular formula is C29H29ClN4O2. The van der Waals surface area contributed by atoms with Gasteiger partial charge in [-0.1, -0.05) is 35.4 Å². The van der Waals surface area contributed by atoms with Gasteiger partial charge >= 0.3 is 0 Å². The molecule has 0 saturated carbocycles. The first kappa shape index (κ1) is 23.9. The molecule has 184 valence electrons. The Morgan fingerprint density at radius 1 is 0.917 bits per heavy atom. The number of halogens is 1. The highest BCUT2D eigenvalue weighted by molar-refractivity contribution is 6.30. The first-order chi connectivity index (χ1) is 17.4. The number of hydrogen-bond donors (Lipinski definition) is 0. The van der Waals surface area contributed by atoms with Crippen molar-refractivity contribution in [3.05, 3.63) is 94.6 Å². The Balaban J connectivity index is 1.45. The van der Waals surface area contributed by atoms with E-state index in [0.29, 0.717) is 18.8 Å². The van der Waals surface area contributed by atoms with E-state index in [-0.39, 0.29) is 5.91 Å². The Morgan fingerprint density at radius 3 is 2.33 bits per heavy atom. The molecule has 0 spiro atoms. The topological polar surface area (TPSA) is 50.6 Å². The number of piperazine rings is 1. The van der Waals surface area contributed by atoms with Gasteiger partial charge in [0.15, 0.2) is 0 Å². The molecule has 0 radical (unpaired) electrons. The van der Waals surface area contributed by atoms with E-state index in [0.717, 1.165) is 52.1 Å². The monoisotopic (exact) mass is 500 g/mol. The molecule has 0 aliphatic carbocycles. The Morgan fingerprint density at radius 2 is 1.67 bits per heavy atom. The highest BCUT2D eigenvalue weighted by Gasteiger charge is 2.27. The van der Waals surface area contributed by atoms with Crippen molar-refractivity contribution in [3.8, 4) is 22.7 Å². The first-order valence-electron chi connectivity index (χ1n) is 12.0. The number of nitrogens with zero attached hydrogens (tertiary/aromatic N) is 4. The number of hydrogen-bond acceptors (Lipinski definition) is 4. The Kier molecular flexibility index (Phi) is 6.70. The van der Waals surface area contributed by atoms with E-state index in [1.807, 2.05) is 59.5 Å². The third-order valence-electron chi connectivity index (χ3n) is 6.63. The third kappa shape index (κ3) is 4.82.